The molecule has 6 heteroatoms. The van der Waals surface area contributed by atoms with Gasteiger partial charge in [0.25, 0.3) is 5.91 Å². The Bertz CT molecular complexity index is 812. The zero-order chi connectivity index (χ0) is 19.5. The predicted octanol–water partition coefficient (Wildman–Crippen LogP) is 3.41. The minimum Gasteiger partial charge on any atom is -0.497 e. The Labute approximate surface area is 164 Å². The third kappa shape index (κ3) is 4.06. The standard InChI is InChI=1S/C22H26N2O4/c1-27-18-10-8-16(9-11-18)20(15-6-7-15)23-21(25)17-4-2-12-24(14-17)22(26)19-5-3-13-28-19/h3,5,8-11,13,15,17,20H,2,4,6-7,12,14H2,1H3,(H,23,25)/t17-,20+/m0/s1. The van der Waals surface area contributed by atoms with Gasteiger partial charge in [-0.15, -0.1) is 0 Å². The molecule has 1 N–H and O–H groups in total. The van der Waals surface area contributed by atoms with Crippen molar-refractivity contribution in [1.82, 2.24) is 10.2 Å². The SMILES string of the molecule is COc1ccc([C@H](NC(=O)[C@H]2CCCN(C(=O)c3ccco3)C2)C2CC2)cc1. The number of likely N-dealkylation sites (tertiary alicyclic amines) is 1. The smallest absolute Gasteiger partial charge is 0.289 e. The lowest BCUT2D eigenvalue weighted by atomic mass is 9.95. The Morgan fingerprint density at radius 3 is 2.61 bits per heavy atom. The zero-order valence-corrected chi connectivity index (χ0v) is 16.1. The molecule has 0 unspecified atom stereocenters. The first-order chi connectivity index (χ1) is 13.7. The van der Waals surface area contributed by atoms with Crippen LogP contribution in [0.25, 0.3) is 0 Å². The van der Waals surface area contributed by atoms with Crippen LogP contribution in [0, 0.1) is 11.8 Å². The van der Waals surface area contributed by atoms with Gasteiger partial charge in [-0.1, -0.05) is 12.1 Å². The van der Waals surface area contributed by atoms with E-state index in [0.29, 0.717) is 24.8 Å². The molecule has 2 aliphatic rings. The number of rotatable bonds is 6. The average molecular weight is 382 g/mol. The van der Waals surface area contributed by atoms with Crippen molar-refractivity contribution in [2.45, 2.75) is 31.7 Å². The molecule has 28 heavy (non-hydrogen) atoms. The maximum atomic E-state index is 13.0. The van der Waals surface area contributed by atoms with Gasteiger partial charge in [-0.25, -0.2) is 0 Å². The van der Waals surface area contributed by atoms with E-state index in [-0.39, 0.29) is 23.8 Å². The summed E-state index contributed by atoms with van der Waals surface area (Å²) in [4.78, 5) is 27.3. The Balaban J connectivity index is 1.41. The van der Waals surface area contributed by atoms with Gasteiger partial charge in [0.1, 0.15) is 5.75 Å². The number of amides is 2. The van der Waals surface area contributed by atoms with E-state index in [0.717, 1.165) is 37.0 Å². The summed E-state index contributed by atoms with van der Waals surface area (Å²) in [5, 5.41) is 3.26. The van der Waals surface area contributed by atoms with Crippen LogP contribution in [0.1, 0.15) is 47.8 Å². The van der Waals surface area contributed by atoms with E-state index < -0.39 is 0 Å². The van der Waals surface area contributed by atoms with Gasteiger partial charge < -0.3 is 19.4 Å². The number of carbonyl (C=O) groups is 2. The Morgan fingerprint density at radius 2 is 1.96 bits per heavy atom. The largest absolute Gasteiger partial charge is 0.497 e. The molecule has 0 spiro atoms. The van der Waals surface area contributed by atoms with Gasteiger partial charge in [0.05, 0.1) is 25.3 Å². The van der Waals surface area contributed by atoms with Crippen LogP contribution in [0.15, 0.2) is 47.1 Å². The number of nitrogens with zero attached hydrogens (tertiary/aromatic N) is 1. The molecule has 2 amide bonds. The van der Waals surface area contributed by atoms with Crippen LogP contribution >= 0.6 is 0 Å². The fourth-order valence-electron chi connectivity index (χ4n) is 3.92. The molecule has 148 valence electrons. The molecule has 1 saturated carbocycles. The number of ether oxygens (including phenoxy) is 1. The van der Waals surface area contributed by atoms with E-state index in [1.165, 1.54) is 6.26 Å². The van der Waals surface area contributed by atoms with Gasteiger partial charge in [-0.3, -0.25) is 9.59 Å². The number of hydrogen-bond donors (Lipinski definition) is 1. The average Bonchev–Trinajstić information content (AvgIpc) is 3.44. The van der Waals surface area contributed by atoms with Crippen molar-refractivity contribution in [3.05, 3.63) is 54.0 Å². The van der Waals surface area contributed by atoms with Crippen molar-refractivity contribution >= 4 is 11.8 Å². The second-order valence-corrected chi connectivity index (χ2v) is 7.66. The van der Waals surface area contributed by atoms with E-state index in [2.05, 4.69) is 5.32 Å². The van der Waals surface area contributed by atoms with Gasteiger partial charge in [0.2, 0.25) is 5.91 Å². The molecule has 1 aliphatic heterocycles. The van der Waals surface area contributed by atoms with E-state index in [9.17, 15) is 9.59 Å². The molecule has 6 nitrogen and oxygen atoms in total. The summed E-state index contributed by atoms with van der Waals surface area (Å²) in [5.41, 5.74) is 1.11. The number of nitrogens with one attached hydrogen (secondary N) is 1. The summed E-state index contributed by atoms with van der Waals surface area (Å²) < 4.78 is 10.5. The van der Waals surface area contributed by atoms with Gasteiger partial charge in [-0.2, -0.15) is 0 Å². The van der Waals surface area contributed by atoms with Crippen LogP contribution in [0.2, 0.25) is 0 Å². The van der Waals surface area contributed by atoms with Crippen LogP contribution in [-0.4, -0.2) is 36.9 Å². The molecule has 1 aliphatic carbocycles. The monoisotopic (exact) mass is 382 g/mol. The number of benzene rings is 1. The van der Waals surface area contributed by atoms with Gasteiger partial charge >= 0.3 is 0 Å². The van der Waals surface area contributed by atoms with E-state index in [1.807, 2.05) is 24.3 Å². The first-order valence-electron chi connectivity index (χ1n) is 9.93. The van der Waals surface area contributed by atoms with Crippen molar-refractivity contribution in [1.29, 1.82) is 0 Å². The Morgan fingerprint density at radius 1 is 1.18 bits per heavy atom. The van der Waals surface area contributed by atoms with Crippen LogP contribution in [-0.2, 0) is 4.79 Å². The fourth-order valence-corrected chi connectivity index (χ4v) is 3.92. The molecule has 2 fully saturated rings. The molecule has 2 atom stereocenters. The highest BCUT2D eigenvalue weighted by Crippen LogP contribution is 2.41. The van der Waals surface area contributed by atoms with Crippen molar-refractivity contribution in [3.63, 3.8) is 0 Å². The van der Waals surface area contributed by atoms with E-state index in [4.69, 9.17) is 9.15 Å². The zero-order valence-electron chi connectivity index (χ0n) is 16.1. The van der Waals surface area contributed by atoms with Crippen molar-refractivity contribution < 1.29 is 18.7 Å². The van der Waals surface area contributed by atoms with Gasteiger partial charge in [-0.05, 0) is 61.4 Å². The first kappa shape index (κ1) is 18.6. The molecule has 1 aromatic heterocycles. The quantitative estimate of drug-likeness (QED) is 0.831. The number of piperidine rings is 1. The summed E-state index contributed by atoms with van der Waals surface area (Å²) in [6.07, 6.45) is 5.38. The Hall–Kier alpha value is -2.76. The lowest BCUT2D eigenvalue weighted by Crippen LogP contribution is -2.46. The number of hydrogen-bond acceptors (Lipinski definition) is 4. The highest BCUT2D eigenvalue weighted by Gasteiger charge is 2.36. The summed E-state index contributed by atoms with van der Waals surface area (Å²) in [6, 6.07) is 11.3. The number of furan rings is 1. The van der Waals surface area contributed by atoms with E-state index >= 15 is 0 Å². The molecule has 0 radical (unpaired) electrons. The fraction of sp³-hybridized carbons (Fsp3) is 0.455. The third-order valence-electron chi connectivity index (χ3n) is 5.68. The topological polar surface area (TPSA) is 71.8 Å². The summed E-state index contributed by atoms with van der Waals surface area (Å²) in [5.74, 6) is 1.33. The van der Waals surface area contributed by atoms with E-state index in [1.54, 1.807) is 24.1 Å². The molecule has 4 rings (SSSR count). The molecule has 1 saturated heterocycles. The van der Waals surface area contributed by atoms with Crippen molar-refractivity contribution in [3.8, 4) is 5.75 Å². The minimum atomic E-state index is -0.188. The molecule has 2 aromatic rings. The van der Waals surface area contributed by atoms with Crippen LogP contribution in [0.5, 0.6) is 5.75 Å². The lowest BCUT2D eigenvalue weighted by molar-refractivity contribution is -0.127. The maximum Gasteiger partial charge on any atom is 0.289 e. The summed E-state index contributed by atoms with van der Waals surface area (Å²) in [7, 11) is 1.65. The predicted molar refractivity (Wildman–Crippen MR) is 104 cm³/mol. The second-order valence-electron chi connectivity index (χ2n) is 7.66. The van der Waals surface area contributed by atoms with Crippen LogP contribution in [0.3, 0.4) is 0 Å². The number of methoxy groups -OCH3 is 1. The molecular weight excluding hydrogens is 356 g/mol. The van der Waals surface area contributed by atoms with Crippen molar-refractivity contribution in [2.75, 3.05) is 20.2 Å². The Kier molecular flexibility index (Phi) is 5.37. The third-order valence-corrected chi connectivity index (χ3v) is 5.68. The molecular formula is C22H26N2O4. The summed E-state index contributed by atoms with van der Waals surface area (Å²) in [6.45, 7) is 1.10. The highest BCUT2D eigenvalue weighted by molar-refractivity contribution is 5.92. The van der Waals surface area contributed by atoms with Crippen LogP contribution in [0.4, 0.5) is 0 Å². The van der Waals surface area contributed by atoms with Gasteiger partial charge in [0.15, 0.2) is 5.76 Å². The molecule has 0 bridgehead atoms. The normalized spacial score (nSPS) is 20.5. The lowest BCUT2D eigenvalue weighted by Gasteiger charge is -2.32. The second kappa shape index (κ2) is 8.09. The number of carbonyl (C=O) groups excluding carboxylic acids is 2. The first-order valence-corrected chi connectivity index (χ1v) is 9.93. The van der Waals surface area contributed by atoms with Crippen LogP contribution < -0.4 is 10.1 Å². The molecule has 1 aromatic carbocycles. The molecule has 2 heterocycles. The van der Waals surface area contributed by atoms with Gasteiger partial charge in [0, 0.05) is 13.1 Å². The minimum absolute atomic E-state index is 0.0227. The van der Waals surface area contributed by atoms with Crippen molar-refractivity contribution in [2.24, 2.45) is 11.8 Å². The summed E-state index contributed by atoms with van der Waals surface area (Å²) >= 11 is 0. The highest BCUT2D eigenvalue weighted by atomic mass is 16.5. The maximum absolute atomic E-state index is 13.0.